The first-order valence-corrected chi connectivity index (χ1v) is 15.7. The fourth-order valence-corrected chi connectivity index (χ4v) is 5.23. The van der Waals surface area contributed by atoms with E-state index in [2.05, 4.69) is 104 Å². The molecule has 4 rings (SSSR count). The maximum absolute atomic E-state index is 11.0. The second kappa shape index (κ2) is 17.0. The number of nitrogens with one attached hydrogen (secondary N) is 1. The van der Waals surface area contributed by atoms with Crippen molar-refractivity contribution in [1.29, 1.82) is 0 Å². The van der Waals surface area contributed by atoms with Gasteiger partial charge in [-0.25, -0.2) is 4.79 Å². The molecule has 0 aliphatic carbocycles. The summed E-state index contributed by atoms with van der Waals surface area (Å²) in [5.74, 6) is 1.72. The minimum atomic E-state index is -0.361. The van der Waals surface area contributed by atoms with E-state index in [-0.39, 0.29) is 5.97 Å². The molecule has 0 saturated carbocycles. The number of anilines is 1. The quantitative estimate of drug-likeness (QED) is 0.0574. The molecule has 1 N–H and O–H groups in total. The van der Waals surface area contributed by atoms with Crippen LogP contribution in [0, 0.1) is 5.92 Å². The number of fused-ring (bicyclic) bond motifs is 1. The number of hydrogen-bond acceptors (Lipinski definition) is 6. The molecule has 4 aromatic rings. The Morgan fingerprint density at radius 2 is 1.52 bits per heavy atom. The first-order valence-electron chi connectivity index (χ1n) is 15.7. The first kappa shape index (κ1) is 32.5. The lowest BCUT2D eigenvalue weighted by Crippen LogP contribution is -2.02. The Hall–Kier alpha value is -4.45. The predicted molar refractivity (Wildman–Crippen MR) is 181 cm³/mol. The van der Waals surface area contributed by atoms with E-state index in [1.165, 1.54) is 23.6 Å². The molecule has 4 aromatic carbocycles. The van der Waals surface area contributed by atoms with Gasteiger partial charge < -0.3 is 14.8 Å². The van der Waals surface area contributed by atoms with E-state index in [1.807, 2.05) is 24.3 Å². The molecule has 230 valence electrons. The molecule has 0 bridgehead atoms. The van der Waals surface area contributed by atoms with Crippen LogP contribution in [0.3, 0.4) is 0 Å². The van der Waals surface area contributed by atoms with Crippen LogP contribution in [0.4, 0.5) is 17.1 Å². The second-order valence-corrected chi connectivity index (χ2v) is 11.6. The smallest absolute Gasteiger partial charge is 0.330 e. The van der Waals surface area contributed by atoms with Gasteiger partial charge in [-0.3, -0.25) is 0 Å². The van der Waals surface area contributed by atoms with Crippen LogP contribution in [0.25, 0.3) is 10.8 Å². The van der Waals surface area contributed by atoms with Crippen LogP contribution in [0.1, 0.15) is 69.9 Å². The highest BCUT2D eigenvalue weighted by Gasteiger charge is 2.09. The van der Waals surface area contributed by atoms with Crippen LogP contribution in [0.5, 0.6) is 5.75 Å². The second-order valence-electron chi connectivity index (χ2n) is 11.6. The third kappa shape index (κ3) is 10.1. The molecule has 1 atom stereocenters. The van der Waals surface area contributed by atoms with Gasteiger partial charge in [0.2, 0.25) is 0 Å². The average Bonchev–Trinajstić information content (AvgIpc) is 3.04. The molecule has 0 aliphatic rings. The summed E-state index contributed by atoms with van der Waals surface area (Å²) in [4.78, 5) is 11.0. The van der Waals surface area contributed by atoms with E-state index in [4.69, 9.17) is 9.47 Å². The van der Waals surface area contributed by atoms with Crippen LogP contribution >= 0.6 is 0 Å². The largest absolute Gasteiger partial charge is 0.494 e. The van der Waals surface area contributed by atoms with Crippen molar-refractivity contribution in [2.45, 2.75) is 65.3 Å². The third-order valence-electron chi connectivity index (χ3n) is 7.59. The Balaban J connectivity index is 1.28. The predicted octanol–water partition coefficient (Wildman–Crippen LogP) is 10.7. The molecule has 0 heterocycles. The molecule has 6 heteroatoms. The molecule has 0 aliphatic heterocycles. The summed E-state index contributed by atoms with van der Waals surface area (Å²) in [7, 11) is 0. The van der Waals surface area contributed by atoms with Crippen molar-refractivity contribution in [3.8, 4) is 5.75 Å². The topological polar surface area (TPSA) is 72.3 Å². The number of ether oxygens (including phenoxy) is 2. The molecule has 0 amide bonds. The number of nitrogens with zero attached hydrogens (tertiary/aromatic N) is 2. The van der Waals surface area contributed by atoms with Crippen LogP contribution in [0.15, 0.2) is 108 Å². The van der Waals surface area contributed by atoms with Crippen molar-refractivity contribution >= 4 is 33.8 Å². The van der Waals surface area contributed by atoms with Gasteiger partial charge in [0.15, 0.2) is 0 Å². The Bertz CT molecular complexity index is 1510. The highest BCUT2D eigenvalue weighted by Crippen LogP contribution is 2.33. The molecule has 0 radical (unpaired) electrons. The van der Waals surface area contributed by atoms with Crippen LogP contribution in [0.2, 0.25) is 0 Å². The molecule has 0 aromatic heterocycles. The zero-order chi connectivity index (χ0) is 31.1. The minimum absolute atomic E-state index is 0.361. The van der Waals surface area contributed by atoms with E-state index in [0.717, 1.165) is 59.3 Å². The van der Waals surface area contributed by atoms with Gasteiger partial charge in [-0.1, -0.05) is 75.9 Å². The van der Waals surface area contributed by atoms with Crippen molar-refractivity contribution in [1.82, 2.24) is 0 Å². The summed E-state index contributed by atoms with van der Waals surface area (Å²) < 4.78 is 10.9. The highest BCUT2D eigenvalue weighted by molar-refractivity contribution is 6.00. The third-order valence-corrected chi connectivity index (χ3v) is 7.59. The lowest BCUT2D eigenvalue weighted by molar-refractivity contribution is -0.137. The first-order chi connectivity index (χ1) is 21.4. The number of benzene rings is 4. The van der Waals surface area contributed by atoms with E-state index >= 15 is 0 Å². The van der Waals surface area contributed by atoms with Gasteiger partial charge in [-0.15, -0.1) is 5.11 Å². The molecular weight excluding hydrogens is 546 g/mol. The van der Waals surface area contributed by atoms with Gasteiger partial charge in [-0.05, 0) is 91.5 Å². The standard InChI is InChI=1S/C38H45N3O3/c1-5-38(42)44-25-11-7-6-10-24-43-33-20-14-30(15-21-33)27-39-36-22-23-37(35-13-9-8-12-34(35)36)41-40-32-18-16-31(17-19-32)29(4)26-28(2)3/h5,8-9,12-23,28-29,39H,1,6-7,10-11,24-27H2,2-4H3/b41-40+. The minimum Gasteiger partial charge on any atom is -0.494 e. The van der Waals surface area contributed by atoms with Crippen molar-refractivity contribution in [2.24, 2.45) is 16.1 Å². The number of hydrogen-bond donors (Lipinski definition) is 1. The molecule has 44 heavy (non-hydrogen) atoms. The number of carbonyl (C=O) groups is 1. The Labute approximate surface area is 262 Å². The van der Waals surface area contributed by atoms with Crippen LogP contribution in [-0.2, 0) is 16.1 Å². The van der Waals surface area contributed by atoms with Gasteiger partial charge in [-0.2, -0.15) is 5.11 Å². The monoisotopic (exact) mass is 591 g/mol. The van der Waals surface area contributed by atoms with Crippen LogP contribution < -0.4 is 10.1 Å². The van der Waals surface area contributed by atoms with E-state index < -0.39 is 0 Å². The lowest BCUT2D eigenvalue weighted by atomic mass is 9.92. The van der Waals surface area contributed by atoms with Gasteiger partial charge in [0, 0.05) is 29.1 Å². The summed E-state index contributed by atoms with van der Waals surface area (Å²) in [6.07, 6.45) is 6.23. The highest BCUT2D eigenvalue weighted by atomic mass is 16.5. The molecule has 0 fully saturated rings. The number of unbranched alkanes of at least 4 members (excludes halogenated alkanes) is 3. The van der Waals surface area contributed by atoms with E-state index in [1.54, 1.807) is 0 Å². The fraction of sp³-hybridized carbons (Fsp3) is 0.342. The fourth-order valence-electron chi connectivity index (χ4n) is 5.23. The van der Waals surface area contributed by atoms with Crippen molar-refractivity contribution in [2.75, 3.05) is 18.5 Å². The van der Waals surface area contributed by atoms with Gasteiger partial charge >= 0.3 is 5.97 Å². The molecule has 6 nitrogen and oxygen atoms in total. The van der Waals surface area contributed by atoms with Gasteiger partial charge in [0.1, 0.15) is 5.75 Å². The van der Waals surface area contributed by atoms with Crippen molar-refractivity contribution in [3.05, 3.63) is 109 Å². The summed E-state index contributed by atoms with van der Waals surface area (Å²) in [6.45, 7) is 12.0. The zero-order valence-corrected chi connectivity index (χ0v) is 26.3. The Kier molecular flexibility index (Phi) is 12.5. The molecule has 0 saturated heterocycles. The van der Waals surface area contributed by atoms with Gasteiger partial charge in [0.25, 0.3) is 0 Å². The van der Waals surface area contributed by atoms with Crippen LogP contribution in [-0.4, -0.2) is 19.2 Å². The lowest BCUT2D eigenvalue weighted by Gasteiger charge is -2.14. The SMILES string of the molecule is C=CC(=O)OCCCCCCOc1ccc(CNc2ccc(/N=N/c3ccc(C(C)CC(C)C)cc3)c3ccccc23)cc1. The number of azo groups is 1. The maximum Gasteiger partial charge on any atom is 0.330 e. The Morgan fingerprint density at radius 3 is 2.23 bits per heavy atom. The average molecular weight is 592 g/mol. The number of carbonyl (C=O) groups excluding carboxylic acids is 1. The van der Waals surface area contributed by atoms with E-state index in [0.29, 0.717) is 31.6 Å². The summed E-state index contributed by atoms with van der Waals surface area (Å²) >= 11 is 0. The summed E-state index contributed by atoms with van der Waals surface area (Å²) in [6, 6.07) is 29.1. The number of rotatable bonds is 17. The maximum atomic E-state index is 11.0. The Morgan fingerprint density at radius 1 is 0.818 bits per heavy atom. The normalized spacial score (nSPS) is 12.0. The zero-order valence-electron chi connectivity index (χ0n) is 26.3. The number of esters is 1. The molecule has 1 unspecified atom stereocenters. The van der Waals surface area contributed by atoms with Crippen molar-refractivity contribution in [3.63, 3.8) is 0 Å². The molecule has 0 spiro atoms. The van der Waals surface area contributed by atoms with Crippen molar-refractivity contribution < 1.29 is 14.3 Å². The summed E-state index contributed by atoms with van der Waals surface area (Å²) in [5.41, 5.74) is 5.27. The van der Waals surface area contributed by atoms with Gasteiger partial charge in [0.05, 0.1) is 24.6 Å². The molecular formula is C38H45N3O3. The summed E-state index contributed by atoms with van der Waals surface area (Å²) in [5, 5.41) is 14.9. The van der Waals surface area contributed by atoms with E-state index in [9.17, 15) is 4.79 Å².